The Morgan fingerprint density at radius 2 is 2.06 bits per heavy atom. The second-order valence-corrected chi connectivity index (χ2v) is 4.67. The fourth-order valence-corrected chi connectivity index (χ4v) is 1.70. The molecule has 0 saturated heterocycles. The molecule has 0 saturated carbocycles. The van der Waals surface area contributed by atoms with Gasteiger partial charge in [-0.1, -0.05) is 12.2 Å². The summed E-state index contributed by atoms with van der Waals surface area (Å²) in [6.45, 7) is 9.91. The lowest BCUT2D eigenvalue weighted by atomic mass is 10.3. The summed E-state index contributed by atoms with van der Waals surface area (Å²) in [5, 5.41) is 9.57. The summed E-state index contributed by atoms with van der Waals surface area (Å²) in [5.41, 5.74) is 0.965. The number of nitrogens with zero attached hydrogens (tertiary/aromatic N) is 2. The van der Waals surface area contributed by atoms with E-state index < -0.39 is 6.10 Å². The third kappa shape index (κ3) is 7.42. The molecule has 0 heterocycles. The van der Waals surface area contributed by atoms with Crippen molar-refractivity contribution < 1.29 is 14.6 Å². The van der Waals surface area contributed by atoms with Crippen molar-refractivity contribution in [1.29, 1.82) is 0 Å². The Hall–Kier alpha value is -0.910. The predicted molar refractivity (Wildman–Crippen MR) is 72.4 cm³/mol. The molecule has 1 amide bonds. The molecule has 0 fully saturated rings. The summed E-state index contributed by atoms with van der Waals surface area (Å²) in [5.74, 6) is 0.0487. The molecule has 0 radical (unpaired) electrons. The molecule has 18 heavy (non-hydrogen) atoms. The number of carbonyl (C=O) groups is 1. The highest BCUT2D eigenvalue weighted by Gasteiger charge is 2.15. The SMILES string of the molecule is C=C(C)CN(CC)C(=O)CN(C)CC(O)COC. The van der Waals surface area contributed by atoms with Gasteiger partial charge in [0.05, 0.1) is 19.3 Å². The van der Waals surface area contributed by atoms with E-state index in [0.29, 0.717) is 26.2 Å². The number of amides is 1. The molecule has 0 aromatic heterocycles. The van der Waals surface area contributed by atoms with Crippen molar-refractivity contribution in [2.45, 2.75) is 20.0 Å². The van der Waals surface area contributed by atoms with Crippen LogP contribution in [0, 0.1) is 0 Å². The van der Waals surface area contributed by atoms with Crippen molar-refractivity contribution in [1.82, 2.24) is 9.80 Å². The molecule has 0 rings (SSSR count). The van der Waals surface area contributed by atoms with Crippen LogP contribution in [0.15, 0.2) is 12.2 Å². The van der Waals surface area contributed by atoms with Gasteiger partial charge in [0.15, 0.2) is 0 Å². The normalized spacial score (nSPS) is 12.6. The van der Waals surface area contributed by atoms with E-state index in [1.54, 1.807) is 16.9 Å². The molecular weight excluding hydrogens is 232 g/mol. The highest BCUT2D eigenvalue weighted by atomic mass is 16.5. The van der Waals surface area contributed by atoms with E-state index in [9.17, 15) is 9.90 Å². The van der Waals surface area contributed by atoms with Gasteiger partial charge in [0, 0.05) is 26.7 Å². The van der Waals surface area contributed by atoms with Crippen molar-refractivity contribution in [3.05, 3.63) is 12.2 Å². The van der Waals surface area contributed by atoms with Crippen LogP contribution in [0.2, 0.25) is 0 Å². The standard InChI is InChI=1S/C13H26N2O3/c1-6-15(7-11(2)3)13(17)9-14(4)8-12(16)10-18-5/h12,16H,2,6-10H2,1,3-5H3. The third-order valence-electron chi connectivity index (χ3n) is 2.48. The monoisotopic (exact) mass is 258 g/mol. The van der Waals surface area contributed by atoms with E-state index in [1.807, 2.05) is 20.9 Å². The lowest BCUT2D eigenvalue weighted by molar-refractivity contribution is -0.131. The number of hydrogen-bond acceptors (Lipinski definition) is 4. The van der Waals surface area contributed by atoms with Crippen LogP contribution >= 0.6 is 0 Å². The molecule has 0 aromatic carbocycles. The Bertz CT molecular complexity index is 269. The molecule has 1 atom stereocenters. The number of ether oxygens (including phenoxy) is 1. The Morgan fingerprint density at radius 1 is 1.44 bits per heavy atom. The van der Waals surface area contributed by atoms with E-state index in [0.717, 1.165) is 5.57 Å². The minimum absolute atomic E-state index is 0.0487. The molecule has 1 N–H and O–H groups in total. The highest BCUT2D eigenvalue weighted by Crippen LogP contribution is 1.99. The molecule has 0 aromatic rings. The number of aliphatic hydroxyl groups is 1. The van der Waals surface area contributed by atoms with Gasteiger partial charge >= 0.3 is 0 Å². The molecule has 0 aliphatic heterocycles. The fraction of sp³-hybridized carbons (Fsp3) is 0.769. The lowest BCUT2D eigenvalue weighted by Gasteiger charge is -2.25. The smallest absolute Gasteiger partial charge is 0.237 e. The summed E-state index contributed by atoms with van der Waals surface area (Å²) in [6.07, 6.45) is -0.566. The second kappa shape index (κ2) is 9.08. The topological polar surface area (TPSA) is 53.0 Å². The number of methoxy groups -OCH3 is 1. The van der Waals surface area contributed by atoms with Crippen molar-refractivity contribution in [3.8, 4) is 0 Å². The maximum atomic E-state index is 12.0. The Balaban J connectivity index is 4.15. The van der Waals surface area contributed by atoms with Gasteiger partial charge in [-0.05, 0) is 20.9 Å². The Morgan fingerprint density at radius 3 is 2.50 bits per heavy atom. The maximum Gasteiger partial charge on any atom is 0.237 e. The van der Waals surface area contributed by atoms with Crippen LogP contribution in [0.4, 0.5) is 0 Å². The minimum Gasteiger partial charge on any atom is -0.389 e. The molecule has 0 spiro atoms. The molecule has 0 aliphatic rings. The van der Waals surface area contributed by atoms with E-state index >= 15 is 0 Å². The molecule has 5 heteroatoms. The zero-order valence-corrected chi connectivity index (χ0v) is 12.0. The molecule has 0 aliphatic carbocycles. The zero-order valence-electron chi connectivity index (χ0n) is 12.0. The molecule has 0 bridgehead atoms. The van der Waals surface area contributed by atoms with Crippen molar-refractivity contribution in [2.24, 2.45) is 0 Å². The van der Waals surface area contributed by atoms with E-state index in [4.69, 9.17) is 4.74 Å². The highest BCUT2D eigenvalue weighted by molar-refractivity contribution is 5.78. The van der Waals surface area contributed by atoms with Crippen LogP contribution in [-0.4, -0.2) is 73.9 Å². The first-order valence-electron chi connectivity index (χ1n) is 6.18. The third-order valence-corrected chi connectivity index (χ3v) is 2.48. The van der Waals surface area contributed by atoms with Crippen LogP contribution in [0.5, 0.6) is 0 Å². The van der Waals surface area contributed by atoms with Gasteiger partial charge in [-0.3, -0.25) is 9.69 Å². The number of hydrogen-bond donors (Lipinski definition) is 1. The Kier molecular flexibility index (Phi) is 8.62. The summed E-state index contributed by atoms with van der Waals surface area (Å²) >= 11 is 0. The van der Waals surface area contributed by atoms with Crippen molar-refractivity contribution >= 4 is 5.91 Å². The van der Waals surface area contributed by atoms with E-state index in [1.165, 1.54) is 0 Å². The summed E-state index contributed by atoms with van der Waals surface area (Å²) in [4.78, 5) is 15.5. The fourth-order valence-electron chi connectivity index (χ4n) is 1.70. The predicted octanol–water partition coefficient (Wildman–Crippen LogP) is 0.350. The van der Waals surface area contributed by atoms with Gasteiger partial charge in [0.25, 0.3) is 0 Å². The average molecular weight is 258 g/mol. The number of rotatable bonds is 9. The van der Waals surface area contributed by atoms with Crippen LogP contribution in [-0.2, 0) is 9.53 Å². The average Bonchev–Trinajstić information content (AvgIpc) is 2.25. The van der Waals surface area contributed by atoms with Gasteiger partial charge in [0.1, 0.15) is 0 Å². The van der Waals surface area contributed by atoms with Crippen LogP contribution in [0.1, 0.15) is 13.8 Å². The summed E-state index contributed by atoms with van der Waals surface area (Å²) < 4.78 is 4.85. The zero-order chi connectivity index (χ0) is 14.1. The van der Waals surface area contributed by atoms with Crippen LogP contribution in [0.25, 0.3) is 0 Å². The van der Waals surface area contributed by atoms with Crippen LogP contribution < -0.4 is 0 Å². The first-order valence-corrected chi connectivity index (χ1v) is 6.18. The molecular formula is C13H26N2O3. The quantitative estimate of drug-likeness (QED) is 0.606. The summed E-state index contributed by atoms with van der Waals surface area (Å²) in [7, 11) is 3.35. The lowest BCUT2D eigenvalue weighted by Crippen LogP contribution is -2.42. The van der Waals surface area contributed by atoms with Gasteiger partial charge in [-0.2, -0.15) is 0 Å². The molecule has 106 valence electrons. The van der Waals surface area contributed by atoms with Gasteiger partial charge in [0.2, 0.25) is 5.91 Å². The first-order chi connectivity index (χ1) is 8.40. The maximum absolute atomic E-state index is 12.0. The van der Waals surface area contributed by atoms with Crippen LogP contribution in [0.3, 0.4) is 0 Å². The number of likely N-dealkylation sites (N-methyl/N-ethyl adjacent to an activating group) is 2. The Labute approximate surface area is 110 Å². The first kappa shape index (κ1) is 17.1. The number of aliphatic hydroxyl groups excluding tert-OH is 1. The van der Waals surface area contributed by atoms with Gasteiger partial charge < -0.3 is 14.7 Å². The van der Waals surface area contributed by atoms with E-state index in [-0.39, 0.29) is 12.5 Å². The molecule has 1 unspecified atom stereocenters. The number of carbonyl (C=O) groups excluding carboxylic acids is 1. The van der Waals surface area contributed by atoms with Gasteiger partial charge in [-0.15, -0.1) is 0 Å². The summed E-state index contributed by atoms with van der Waals surface area (Å²) in [6, 6.07) is 0. The van der Waals surface area contributed by atoms with E-state index in [2.05, 4.69) is 6.58 Å². The van der Waals surface area contributed by atoms with Crippen molar-refractivity contribution in [3.63, 3.8) is 0 Å². The second-order valence-electron chi connectivity index (χ2n) is 4.67. The minimum atomic E-state index is -0.566. The molecule has 5 nitrogen and oxygen atoms in total. The van der Waals surface area contributed by atoms with Gasteiger partial charge in [-0.25, -0.2) is 0 Å². The van der Waals surface area contributed by atoms with Crippen molar-refractivity contribution in [2.75, 3.05) is 46.9 Å². The largest absolute Gasteiger partial charge is 0.389 e.